The molecule has 1 atom stereocenters. The van der Waals surface area contributed by atoms with Crippen molar-refractivity contribution in [1.29, 1.82) is 0 Å². The molecule has 4 aromatic rings. The van der Waals surface area contributed by atoms with Crippen LogP contribution in [-0.4, -0.2) is 38.0 Å². The Morgan fingerprint density at radius 2 is 1.67 bits per heavy atom. The first-order valence-electron chi connectivity index (χ1n) is 9.79. The van der Waals surface area contributed by atoms with Crippen LogP contribution in [0.5, 0.6) is 0 Å². The molecule has 0 saturated carbocycles. The van der Waals surface area contributed by atoms with Crippen LogP contribution in [0.25, 0.3) is 16.7 Å². The summed E-state index contributed by atoms with van der Waals surface area (Å²) in [5, 5.41) is 5.83. The molecule has 0 radical (unpaired) electrons. The number of hydrogen-bond acceptors (Lipinski definition) is 5. The monoisotopic (exact) mass is 417 g/mol. The van der Waals surface area contributed by atoms with Gasteiger partial charge in [-0.1, -0.05) is 62.0 Å². The zero-order chi connectivity index (χ0) is 21.1. The number of aromatic nitrogens is 4. The Morgan fingerprint density at radius 3 is 2.33 bits per heavy atom. The van der Waals surface area contributed by atoms with E-state index in [1.165, 1.54) is 18.1 Å². The quantitative estimate of drug-likeness (QED) is 0.339. The molecular weight excluding hydrogens is 394 g/mol. The third-order valence-electron chi connectivity index (χ3n) is 4.89. The summed E-state index contributed by atoms with van der Waals surface area (Å²) in [6.07, 6.45) is 3.31. The van der Waals surface area contributed by atoms with Crippen LogP contribution in [0, 0.1) is 5.92 Å². The van der Waals surface area contributed by atoms with Gasteiger partial charge in [0.05, 0.1) is 22.5 Å². The molecule has 2 aromatic heterocycles. The predicted molar refractivity (Wildman–Crippen MR) is 121 cm³/mol. The Labute approximate surface area is 180 Å². The molecular formula is C23H23N5OS. The van der Waals surface area contributed by atoms with E-state index in [0.717, 1.165) is 27.4 Å². The van der Waals surface area contributed by atoms with E-state index in [0.29, 0.717) is 0 Å². The summed E-state index contributed by atoms with van der Waals surface area (Å²) in [6, 6.07) is 19.5. The molecule has 0 spiro atoms. The van der Waals surface area contributed by atoms with Crippen molar-refractivity contribution in [2.45, 2.75) is 24.1 Å². The van der Waals surface area contributed by atoms with Gasteiger partial charge in [0.2, 0.25) is 5.91 Å². The van der Waals surface area contributed by atoms with Gasteiger partial charge in [0, 0.05) is 12.7 Å². The number of nitrogens with zero attached hydrogens (tertiary/aromatic N) is 5. The van der Waals surface area contributed by atoms with Gasteiger partial charge in [-0.3, -0.25) is 4.79 Å². The molecule has 0 unspecified atom stereocenters. The fraction of sp³-hybridized carbons (Fsp3) is 0.217. The molecule has 0 aliphatic carbocycles. The van der Waals surface area contributed by atoms with Crippen LogP contribution in [0.15, 0.2) is 78.2 Å². The second kappa shape index (κ2) is 8.67. The molecule has 152 valence electrons. The summed E-state index contributed by atoms with van der Waals surface area (Å²) in [6.45, 7) is 4.11. The molecule has 0 N–H and O–H groups in total. The minimum absolute atomic E-state index is 0.0448. The number of hydrogen-bond donors (Lipinski definition) is 0. The lowest BCUT2D eigenvalue weighted by molar-refractivity contribution is -0.118. The lowest BCUT2D eigenvalue weighted by Gasteiger charge is -2.25. The van der Waals surface area contributed by atoms with Crippen molar-refractivity contribution >= 4 is 34.4 Å². The zero-order valence-electron chi connectivity index (χ0n) is 17.1. The van der Waals surface area contributed by atoms with Crippen molar-refractivity contribution in [3.05, 3.63) is 73.2 Å². The van der Waals surface area contributed by atoms with Crippen LogP contribution in [-0.2, 0) is 4.79 Å². The first-order valence-corrected chi connectivity index (χ1v) is 10.7. The molecule has 0 aliphatic rings. The Balaban J connectivity index is 1.66. The van der Waals surface area contributed by atoms with Gasteiger partial charge in [-0.05, 0) is 30.2 Å². The molecule has 30 heavy (non-hydrogen) atoms. The standard InChI is InChI=1S/C23H23N5OS/c1-16(2)20(23(29)27(3)17-10-6-4-7-11-17)30-22-19-14-26-28(21(19)24-15-25-22)18-12-8-5-9-13-18/h4-16,20H,1-3H3/t20-/m1/s1. The van der Waals surface area contributed by atoms with E-state index < -0.39 is 0 Å². The van der Waals surface area contributed by atoms with E-state index in [1.807, 2.05) is 67.7 Å². The van der Waals surface area contributed by atoms with Crippen molar-refractivity contribution in [2.24, 2.45) is 5.92 Å². The summed E-state index contributed by atoms with van der Waals surface area (Å²) in [5.41, 5.74) is 2.53. The molecule has 2 heterocycles. The number of rotatable bonds is 6. The maximum absolute atomic E-state index is 13.3. The number of para-hydroxylation sites is 2. The van der Waals surface area contributed by atoms with Crippen LogP contribution in [0.1, 0.15) is 13.8 Å². The van der Waals surface area contributed by atoms with Gasteiger partial charge in [0.1, 0.15) is 11.4 Å². The van der Waals surface area contributed by atoms with Crippen LogP contribution in [0.3, 0.4) is 0 Å². The second-order valence-corrected chi connectivity index (χ2v) is 8.45. The smallest absolute Gasteiger partial charge is 0.240 e. The van der Waals surface area contributed by atoms with E-state index in [-0.39, 0.29) is 17.1 Å². The largest absolute Gasteiger partial charge is 0.315 e. The fourth-order valence-electron chi connectivity index (χ4n) is 3.24. The van der Waals surface area contributed by atoms with Gasteiger partial charge in [-0.15, -0.1) is 0 Å². The minimum Gasteiger partial charge on any atom is -0.315 e. The molecule has 0 saturated heterocycles. The van der Waals surface area contributed by atoms with Crippen LogP contribution in [0.4, 0.5) is 5.69 Å². The number of benzene rings is 2. The second-order valence-electron chi connectivity index (χ2n) is 7.32. The highest BCUT2D eigenvalue weighted by Gasteiger charge is 2.29. The minimum atomic E-state index is -0.284. The average Bonchev–Trinajstić information content (AvgIpc) is 3.22. The molecule has 4 rings (SSSR count). The van der Waals surface area contributed by atoms with Gasteiger partial charge in [0.15, 0.2) is 5.65 Å². The number of carbonyl (C=O) groups is 1. The summed E-state index contributed by atoms with van der Waals surface area (Å²) in [4.78, 5) is 23.9. The molecule has 0 fully saturated rings. The van der Waals surface area contributed by atoms with E-state index in [1.54, 1.807) is 15.8 Å². The molecule has 6 nitrogen and oxygen atoms in total. The highest BCUT2D eigenvalue weighted by Crippen LogP contribution is 2.33. The van der Waals surface area contributed by atoms with Crippen LogP contribution >= 0.6 is 11.8 Å². The maximum atomic E-state index is 13.3. The maximum Gasteiger partial charge on any atom is 0.240 e. The molecule has 0 bridgehead atoms. The molecule has 2 aromatic carbocycles. The summed E-state index contributed by atoms with van der Waals surface area (Å²) >= 11 is 1.47. The highest BCUT2D eigenvalue weighted by atomic mass is 32.2. The third-order valence-corrected chi connectivity index (χ3v) is 6.44. The van der Waals surface area contributed by atoms with E-state index >= 15 is 0 Å². The van der Waals surface area contributed by atoms with Gasteiger partial charge in [-0.2, -0.15) is 5.10 Å². The Bertz CT molecular complexity index is 1140. The lowest BCUT2D eigenvalue weighted by atomic mass is 10.1. The number of carbonyl (C=O) groups excluding carboxylic acids is 1. The summed E-state index contributed by atoms with van der Waals surface area (Å²) < 4.78 is 1.80. The summed E-state index contributed by atoms with van der Waals surface area (Å²) in [5.74, 6) is 0.172. The Hall–Kier alpha value is -3.19. The SMILES string of the molecule is CC(C)[C@@H](Sc1ncnc2c1cnn2-c1ccccc1)C(=O)N(C)c1ccccc1. The van der Waals surface area contributed by atoms with Gasteiger partial charge >= 0.3 is 0 Å². The van der Waals surface area contributed by atoms with Gasteiger partial charge < -0.3 is 4.90 Å². The highest BCUT2D eigenvalue weighted by molar-refractivity contribution is 8.00. The van der Waals surface area contributed by atoms with E-state index in [2.05, 4.69) is 28.9 Å². The molecule has 7 heteroatoms. The topological polar surface area (TPSA) is 63.9 Å². The van der Waals surface area contributed by atoms with Crippen molar-refractivity contribution < 1.29 is 4.79 Å². The lowest BCUT2D eigenvalue weighted by Crippen LogP contribution is -2.37. The molecule has 0 aliphatic heterocycles. The van der Waals surface area contributed by atoms with Crippen molar-refractivity contribution in [3.8, 4) is 5.69 Å². The first kappa shape index (κ1) is 20.1. The van der Waals surface area contributed by atoms with Crippen LogP contribution in [0.2, 0.25) is 0 Å². The Morgan fingerprint density at radius 1 is 1.00 bits per heavy atom. The van der Waals surface area contributed by atoms with Crippen LogP contribution < -0.4 is 4.90 Å². The number of fused-ring (bicyclic) bond motifs is 1. The van der Waals surface area contributed by atoms with E-state index in [9.17, 15) is 4.79 Å². The zero-order valence-corrected chi connectivity index (χ0v) is 18.0. The van der Waals surface area contributed by atoms with Gasteiger partial charge in [0.25, 0.3) is 0 Å². The van der Waals surface area contributed by atoms with E-state index in [4.69, 9.17) is 0 Å². The van der Waals surface area contributed by atoms with Gasteiger partial charge in [-0.25, -0.2) is 14.6 Å². The third kappa shape index (κ3) is 3.93. The predicted octanol–water partition coefficient (Wildman–Crippen LogP) is 4.60. The number of thioether (sulfide) groups is 1. The normalized spacial score (nSPS) is 12.3. The Kier molecular flexibility index (Phi) is 5.81. The summed E-state index contributed by atoms with van der Waals surface area (Å²) in [7, 11) is 1.82. The number of amides is 1. The van der Waals surface area contributed by atoms with Crippen molar-refractivity contribution in [3.63, 3.8) is 0 Å². The van der Waals surface area contributed by atoms with Crippen molar-refractivity contribution in [2.75, 3.05) is 11.9 Å². The first-order chi connectivity index (χ1) is 14.6. The fourth-order valence-corrected chi connectivity index (χ4v) is 4.39. The van der Waals surface area contributed by atoms with Crippen molar-refractivity contribution in [1.82, 2.24) is 19.7 Å². The molecule has 1 amide bonds. The number of anilines is 1. The average molecular weight is 418 g/mol.